The molecule has 0 radical (unpaired) electrons. The Bertz CT molecular complexity index is 4250. The molecule has 0 saturated carbocycles. The van der Waals surface area contributed by atoms with Gasteiger partial charge in [-0.1, -0.05) is 103 Å². The first-order valence-electron chi connectivity index (χ1n) is 33.0. The summed E-state index contributed by atoms with van der Waals surface area (Å²) < 4.78 is 0. The fourth-order valence-electron chi connectivity index (χ4n) is 11.8. The Balaban J connectivity index is 0.929. The molecule has 26 nitrogen and oxygen atoms in total. The highest BCUT2D eigenvalue weighted by Gasteiger charge is 2.32. The van der Waals surface area contributed by atoms with E-state index in [1.165, 1.54) is 0 Å². The van der Waals surface area contributed by atoms with Gasteiger partial charge in [0.25, 0.3) is 0 Å². The molecule has 514 valence electrons. The minimum absolute atomic E-state index is 0.0203. The molecule has 5 heterocycles. The van der Waals surface area contributed by atoms with Gasteiger partial charge in [-0.25, -0.2) is 14.8 Å². The summed E-state index contributed by atoms with van der Waals surface area (Å²) in [5, 5.41) is 54.0. The highest BCUT2D eigenvalue weighted by Crippen LogP contribution is 2.39. The van der Waals surface area contributed by atoms with Crippen molar-refractivity contribution in [3.05, 3.63) is 162 Å². The van der Waals surface area contributed by atoms with E-state index in [1.54, 1.807) is 0 Å². The van der Waals surface area contributed by atoms with Gasteiger partial charge in [0, 0.05) is 82.5 Å². The number of guanidine groups is 3. The Morgan fingerprint density at radius 1 is 0.404 bits per heavy atom. The lowest BCUT2D eigenvalue weighted by Gasteiger charge is -2.26. The van der Waals surface area contributed by atoms with Crippen LogP contribution in [-0.4, -0.2) is 129 Å². The zero-order valence-corrected chi connectivity index (χ0v) is 54.8. The van der Waals surface area contributed by atoms with Crippen molar-refractivity contribution < 1.29 is 33.9 Å². The first kappa shape index (κ1) is 71.4. The van der Waals surface area contributed by atoms with E-state index < -0.39 is 53.8 Å². The maximum Gasteiger partial charge on any atom is 0.326 e. The van der Waals surface area contributed by atoms with Crippen molar-refractivity contribution in [3.63, 3.8) is 0 Å². The molecule has 0 spiro atoms. The van der Waals surface area contributed by atoms with Crippen LogP contribution in [0.5, 0.6) is 0 Å². The third kappa shape index (κ3) is 20.1. The van der Waals surface area contributed by atoms with E-state index in [0.717, 1.165) is 83.7 Å². The van der Waals surface area contributed by atoms with Gasteiger partial charge in [0.2, 0.25) is 29.5 Å². The van der Waals surface area contributed by atoms with Crippen molar-refractivity contribution in [1.29, 1.82) is 16.2 Å². The average molecular weight is 1340 g/mol. The van der Waals surface area contributed by atoms with Gasteiger partial charge in [-0.15, -0.1) is 0 Å². The maximum atomic E-state index is 14.3. The lowest BCUT2D eigenvalue weighted by atomic mass is 10.0. The Morgan fingerprint density at radius 2 is 0.737 bits per heavy atom. The second-order valence-electron chi connectivity index (χ2n) is 24.0. The number of unbranched alkanes of at least 4 members (excludes halogenated alkanes) is 1. The molecule has 4 atom stereocenters. The fourth-order valence-corrected chi connectivity index (χ4v) is 11.8. The molecule has 4 aromatic carbocycles. The number of hydrogen-bond acceptors (Lipinski definition) is 12. The molecule has 2 aliphatic heterocycles. The van der Waals surface area contributed by atoms with Gasteiger partial charge < -0.3 is 80.5 Å². The van der Waals surface area contributed by atoms with Crippen molar-refractivity contribution in [2.75, 3.05) is 31.5 Å². The van der Waals surface area contributed by atoms with Crippen molar-refractivity contribution in [2.45, 2.75) is 101 Å². The second-order valence-corrected chi connectivity index (χ2v) is 24.0. The van der Waals surface area contributed by atoms with Gasteiger partial charge in [-0.3, -0.25) is 40.2 Å². The predicted molar refractivity (Wildman–Crippen MR) is 389 cm³/mol. The van der Waals surface area contributed by atoms with Crippen LogP contribution in [0.4, 0.5) is 5.69 Å². The minimum Gasteiger partial charge on any atom is -0.480 e. The topological polar surface area (TPSA) is 452 Å². The van der Waals surface area contributed by atoms with E-state index in [-0.39, 0.29) is 114 Å². The molecule has 0 fully saturated rings. The van der Waals surface area contributed by atoms with Crippen molar-refractivity contribution in [3.8, 4) is 44.5 Å². The molecule has 9 rings (SSSR count). The van der Waals surface area contributed by atoms with E-state index in [2.05, 4.69) is 119 Å². The highest BCUT2D eigenvalue weighted by molar-refractivity contribution is 6.01. The number of amides is 5. The molecule has 7 aromatic rings. The van der Waals surface area contributed by atoms with E-state index in [0.29, 0.717) is 24.2 Å². The summed E-state index contributed by atoms with van der Waals surface area (Å²) in [6.07, 6.45) is 9.65. The minimum atomic E-state index is -1.35. The van der Waals surface area contributed by atoms with Crippen LogP contribution in [0.3, 0.4) is 0 Å². The number of aromatic nitrogens is 4. The van der Waals surface area contributed by atoms with E-state index in [1.807, 2.05) is 97.1 Å². The lowest BCUT2D eigenvalue weighted by molar-refractivity contribution is -0.142. The standard InChI is InChI=1S/C73H85N19O7/c74-40-11-10-22-58(69(97)92-60(70(98)99)25-15-43-83-73(79)80)90-68(96)59(24-14-42-82-72(77)78)91-67(95)57(23-13-41-81-71(75)76)89-62(94)27-12-26-61(93)84-48-30-28-47(29-31-48)66-55-38-36-53(87-55)64(45-18-6-2-7-19-45)51-34-32-49(85-51)63(44-16-4-1-5-17-44)50-33-35-52(86-50)65(46-20-8-3-9-21-46)54-37-39-56(66)88-54/h1-9,16-21,28-39,57-60,85,88H,10-15,22-27,40-43,74H2,(H,84,93)(H,89,94)(H,90,96)(H,91,95)(H,92,97)(H,98,99)(H4,75,76,81)(H4,77,78,82)(H4,79,80,83)/t57-,58-,59-,60-/m0/s1. The number of carboxylic acids is 1. The van der Waals surface area contributed by atoms with Crippen LogP contribution in [0, 0.1) is 16.2 Å². The van der Waals surface area contributed by atoms with Crippen LogP contribution in [0.1, 0.15) is 99.8 Å². The summed E-state index contributed by atoms with van der Waals surface area (Å²) in [6.45, 7) is 0.770. The third-order valence-electron chi connectivity index (χ3n) is 16.6. The summed E-state index contributed by atoms with van der Waals surface area (Å²) in [7, 11) is 0. The van der Waals surface area contributed by atoms with E-state index in [4.69, 9.17) is 49.1 Å². The van der Waals surface area contributed by atoms with Crippen LogP contribution in [0.15, 0.2) is 140 Å². The van der Waals surface area contributed by atoms with Gasteiger partial charge in [-0.05, 0) is 154 Å². The van der Waals surface area contributed by atoms with E-state index in [9.17, 15) is 33.9 Å². The maximum absolute atomic E-state index is 14.3. The summed E-state index contributed by atoms with van der Waals surface area (Å²) in [6, 6.07) is 41.2. The van der Waals surface area contributed by atoms with Gasteiger partial charge in [0.05, 0.1) is 22.8 Å². The Kier molecular flexibility index (Phi) is 25.4. The Labute approximate surface area is 572 Å². The Hall–Kier alpha value is -11.9. The first-order chi connectivity index (χ1) is 47.9. The molecule has 0 aliphatic carbocycles. The molecule has 22 N–H and O–H groups in total. The molecule has 26 heteroatoms. The van der Waals surface area contributed by atoms with Crippen molar-refractivity contribution >= 4 is 105 Å². The van der Waals surface area contributed by atoms with Crippen LogP contribution in [0.25, 0.3) is 90.9 Å². The summed E-state index contributed by atoms with van der Waals surface area (Å²) in [4.78, 5) is 100. The van der Waals surface area contributed by atoms with Crippen LogP contribution in [0.2, 0.25) is 0 Å². The van der Waals surface area contributed by atoms with Gasteiger partial charge in [-0.2, -0.15) is 0 Å². The number of carbonyl (C=O) groups excluding carboxylic acids is 5. The number of fused-ring (bicyclic) bond motifs is 8. The zero-order chi connectivity index (χ0) is 70.2. The number of aromatic amines is 2. The number of rotatable bonds is 33. The lowest BCUT2D eigenvalue weighted by Crippen LogP contribution is -2.58. The van der Waals surface area contributed by atoms with Gasteiger partial charge >= 0.3 is 5.97 Å². The number of benzene rings is 4. The van der Waals surface area contributed by atoms with E-state index >= 15 is 0 Å². The molecule has 5 amide bonds. The normalized spacial score (nSPS) is 12.6. The van der Waals surface area contributed by atoms with Crippen molar-refractivity contribution in [2.24, 2.45) is 22.9 Å². The summed E-state index contributed by atoms with van der Waals surface area (Å²) >= 11 is 0. The summed E-state index contributed by atoms with van der Waals surface area (Å²) in [5.74, 6) is -5.48. The SMILES string of the molecule is N=C(N)NCCC[C@H](NC(=O)[C@H](CCCCN)NC(=O)[C@H](CCCNC(=N)N)NC(=O)[C@H](CCCNC(=N)N)NC(=O)CCCC(=O)Nc1ccc(-c2c3nc(c(-c4ccccc4)c4ccc([nH]4)c(-c4ccccc4)c4nc(c(-c5ccccc5)c5ccc2[nH]5)C=C4)C=C3)cc1)C(=O)O. The molecule has 8 bridgehead atoms. The number of aliphatic carboxylic acids is 1. The molecule has 3 aromatic heterocycles. The van der Waals surface area contributed by atoms with Gasteiger partial charge in [0.1, 0.15) is 24.2 Å². The monoisotopic (exact) mass is 1340 g/mol. The second kappa shape index (κ2) is 35.2. The van der Waals surface area contributed by atoms with Crippen LogP contribution >= 0.6 is 0 Å². The molecular formula is C73H85N19O7. The number of hydrogen-bond donors (Lipinski definition) is 18. The van der Waals surface area contributed by atoms with Crippen molar-refractivity contribution in [1.82, 2.24) is 57.2 Å². The zero-order valence-electron chi connectivity index (χ0n) is 54.8. The van der Waals surface area contributed by atoms with Crippen LogP contribution < -0.4 is 65.5 Å². The van der Waals surface area contributed by atoms with Gasteiger partial charge in [0.15, 0.2) is 17.9 Å². The Morgan fingerprint density at radius 3 is 1.10 bits per heavy atom. The number of nitrogens with two attached hydrogens (primary N) is 4. The highest BCUT2D eigenvalue weighted by atomic mass is 16.4. The number of H-pyrrole nitrogens is 2. The average Bonchev–Trinajstić information content (AvgIpc) is 1.63. The number of anilines is 1. The molecule has 0 unspecified atom stereocenters. The number of nitrogens with zero attached hydrogens (tertiary/aromatic N) is 2. The molecular weight excluding hydrogens is 1250 g/mol. The molecule has 0 saturated heterocycles. The molecule has 2 aliphatic rings. The smallest absolute Gasteiger partial charge is 0.326 e. The predicted octanol–water partition coefficient (Wildman–Crippen LogP) is 7.38. The molecule has 99 heavy (non-hydrogen) atoms. The fraction of sp³-hybridized carbons (Fsp3) is 0.274. The largest absolute Gasteiger partial charge is 0.480 e. The third-order valence-corrected chi connectivity index (χ3v) is 16.6. The number of carbonyl (C=O) groups is 6. The quantitative estimate of drug-likeness (QED) is 0.0108. The van der Waals surface area contributed by atoms with Crippen LogP contribution in [-0.2, 0) is 28.8 Å². The first-order valence-corrected chi connectivity index (χ1v) is 33.0. The summed E-state index contributed by atoms with van der Waals surface area (Å²) in [5.41, 5.74) is 36.4. The number of nitrogens with one attached hydrogen (secondary N) is 13. The number of carboxylic acid groups (broad SMARTS) is 1.